The molecule has 180 valence electrons. The molecule has 0 fully saturated rings. The Hall–Kier alpha value is -5.14. The van der Waals surface area contributed by atoms with Crippen LogP contribution < -0.4 is 0 Å². The van der Waals surface area contributed by atoms with Gasteiger partial charge in [0, 0.05) is 10.8 Å². The molecule has 0 saturated carbocycles. The highest BCUT2D eigenvalue weighted by Crippen LogP contribution is 2.43. The molecule has 0 spiro atoms. The molecule has 0 aliphatic heterocycles. The van der Waals surface area contributed by atoms with Crippen LogP contribution in [0.3, 0.4) is 0 Å². The van der Waals surface area contributed by atoms with Gasteiger partial charge in [0.05, 0.1) is 8.22 Å². The second-order valence-corrected chi connectivity index (χ2v) is 10.1. The fraction of sp³-hybridized carbons (Fsp3) is 0. The third kappa shape index (κ3) is 2.96. The van der Waals surface area contributed by atoms with E-state index in [0.717, 1.165) is 70.9 Å². The van der Waals surface area contributed by atoms with Crippen molar-refractivity contribution >= 4 is 65.0 Å². The molecule has 9 aromatic rings. The second kappa shape index (κ2) is 7.69. The molecule has 0 atom stereocenters. The lowest BCUT2D eigenvalue weighted by Gasteiger charge is -2.17. The number of benzene rings is 8. The van der Waals surface area contributed by atoms with Crippen LogP contribution in [0.4, 0.5) is 0 Å². The summed E-state index contributed by atoms with van der Waals surface area (Å²) in [6.45, 7) is 0. The lowest BCUT2D eigenvalue weighted by molar-refractivity contribution is 0.669. The second-order valence-electron chi connectivity index (χ2n) is 10.1. The van der Waals surface area contributed by atoms with E-state index in [1.54, 1.807) is 6.07 Å². The van der Waals surface area contributed by atoms with E-state index in [0.29, 0.717) is 5.56 Å². The van der Waals surface area contributed by atoms with E-state index < -0.39 is 6.04 Å². The molecule has 39 heavy (non-hydrogen) atoms. The number of furan rings is 1. The fourth-order valence-electron chi connectivity index (χ4n) is 6.17. The molecule has 0 unspecified atom stereocenters. The summed E-state index contributed by atoms with van der Waals surface area (Å²) in [6, 6.07) is 31.2. The maximum atomic E-state index is 8.95. The minimum atomic E-state index is -0.396. The van der Waals surface area contributed by atoms with Crippen LogP contribution in [0.1, 0.15) is 8.22 Å². The van der Waals surface area contributed by atoms with E-state index in [9.17, 15) is 0 Å². The zero-order valence-electron chi connectivity index (χ0n) is 26.6. The zero-order chi connectivity index (χ0) is 30.7. The zero-order valence-corrected chi connectivity index (χ0v) is 20.6. The van der Waals surface area contributed by atoms with Gasteiger partial charge in [0.2, 0.25) is 0 Å². The molecule has 1 nitrogen and oxygen atoms in total. The molecular weight excluding hydrogens is 472 g/mol. The van der Waals surface area contributed by atoms with Gasteiger partial charge in [-0.3, -0.25) is 0 Å². The van der Waals surface area contributed by atoms with Crippen molar-refractivity contribution < 1.29 is 12.6 Å². The van der Waals surface area contributed by atoms with Gasteiger partial charge in [-0.1, -0.05) is 109 Å². The fourth-order valence-corrected chi connectivity index (χ4v) is 6.17. The van der Waals surface area contributed by atoms with Crippen LogP contribution in [0.2, 0.25) is 0 Å². The summed E-state index contributed by atoms with van der Waals surface area (Å²) >= 11 is 0. The van der Waals surface area contributed by atoms with Crippen molar-refractivity contribution in [3.8, 4) is 22.3 Å². The Kier molecular flexibility index (Phi) is 3.15. The van der Waals surface area contributed by atoms with Crippen LogP contribution in [0.15, 0.2) is 138 Å². The standard InChI is InChI=1S/C38H22O/c1-2-6-26-21-27(10-9-23(26)5-1)29-16-11-24-14-19-33-30(17-12-25-13-18-32(29)37(24)38(25)33)28-15-20-36-34(22-28)31-7-3-4-8-35(31)39-36/h1-22H/i1D,2D,5D,6D,9D,10D. The molecule has 1 heteroatoms. The van der Waals surface area contributed by atoms with Gasteiger partial charge in [-0.05, 0) is 89.6 Å². The highest BCUT2D eigenvalue weighted by atomic mass is 16.3. The van der Waals surface area contributed by atoms with Gasteiger partial charge in [-0.15, -0.1) is 0 Å². The third-order valence-corrected chi connectivity index (χ3v) is 7.97. The first kappa shape index (κ1) is 16.0. The quantitative estimate of drug-likeness (QED) is 0.215. The van der Waals surface area contributed by atoms with Crippen LogP contribution in [0, 0.1) is 0 Å². The first-order valence-corrected chi connectivity index (χ1v) is 12.9. The molecule has 9 rings (SSSR count). The van der Waals surface area contributed by atoms with Crippen molar-refractivity contribution in [2.45, 2.75) is 0 Å². The van der Waals surface area contributed by atoms with Gasteiger partial charge in [-0.2, -0.15) is 0 Å². The minimum absolute atomic E-state index is 0.0658. The molecule has 0 amide bonds. The molecular formula is C38H22O. The van der Waals surface area contributed by atoms with Crippen molar-refractivity contribution in [2.24, 2.45) is 0 Å². The average Bonchev–Trinajstić information content (AvgIpc) is 3.44. The summed E-state index contributed by atoms with van der Waals surface area (Å²) in [5.74, 6) is 0. The van der Waals surface area contributed by atoms with Crippen molar-refractivity contribution in [2.75, 3.05) is 0 Å². The SMILES string of the molecule is [2H]c1c([2H])c([2H])c2c([2H])c([2H])c(-c3ccc4ccc5c(-c6ccc7oc8ccccc8c7c6)ccc6ccc3c4c65)cc2c1[2H]. The van der Waals surface area contributed by atoms with Crippen molar-refractivity contribution in [3.05, 3.63) is 133 Å². The molecule has 1 heterocycles. The summed E-state index contributed by atoms with van der Waals surface area (Å²) in [4.78, 5) is 0. The Morgan fingerprint density at radius 2 is 1.10 bits per heavy atom. The predicted molar refractivity (Wildman–Crippen MR) is 166 cm³/mol. The Balaban J connectivity index is 1.33. The number of rotatable bonds is 2. The summed E-state index contributed by atoms with van der Waals surface area (Å²) < 4.78 is 57.0. The molecule has 1 aromatic heterocycles. The highest BCUT2D eigenvalue weighted by molar-refractivity contribution is 6.27. The van der Waals surface area contributed by atoms with Crippen molar-refractivity contribution in [1.29, 1.82) is 0 Å². The Morgan fingerprint density at radius 3 is 1.90 bits per heavy atom. The van der Waals surface area contributed by atoms with Gasteiger partial charge in [-0.25, -0.2) is 0 Å². The Morgan fingerprint density at radius 1 is 0.436 bits per heavy atom. The molecule has 0 saturated heterocycles. The maximum Gasteiger partial charge on any atom is 0.135 e. The first-order chi connectivity index (χ1) is 21.8. The van der Waals surface area contributed by atoms with E-state index in [2.05, 4.69) is 54.6 Å². The number of para-hydroxylation sites is 1. The van der Waals surface area contributed by atoms with Gasteiger partial charge in [0.15, 0.2) is 0 Å². The molecule has 0 aliphatic rings. The van der Waals surface area contributed by atoms with E-state index in [1.165, 1.54) is 0 Å². The van der Waals surface area contributed by atoms with E-state index in [4.69, 9.17) is 12.6 Å². The normalized spacial score (nSPS) is 14.3. The smallest absolute Gasteiger partial charge is 0.135 e. The van der Waals surface area contributed by atoms with Gasteiger partial charge >= 0.3 is 0 Å². The van der Waals surface area contributed by atoms with E-state index >= 15 is 0 Å². The summed E-state index contributed by atoms with van der Waals surface area (Å²) in [5, 5.41) is 8.81. The number of hydrogen-bond acceptors (Lipinski definition) is 1. The van der Waals surface area contributed by atoms with Gasteiger partial charge in [0.25, 0.3) is 0 Å². The maximum absolute atomic E-state index is 8.95. The van der Waals surface area contributed by atoms with Crippen molar-refractivity contribution in [3.63, 3.8) is 0 Å². The molecule has 0 aliphatic carbocycles. The van der Waals surface area contributed by atoms with E-state index in [-0.39, 0.29) is 41.0 Å². The number of fused-ring (bicyclic) bond motifs is 4. The summed E-state index contributed by atoms with van der Waals surface area (Å²) in [6.07, 6.45) is 0. The third-order valence-electron chi connectivity index (χ3n) is 7.97. The molecule has 0 N–H and O–H groups in total. The summed E-state index contributed by atoms with van der Waals surface area (Å²) in [7, 11) is 0. The van der Waals surface area contributed by atoms with E-state index in [1.807, 2.05) is 36.4 Å². The van der Waals surface area contributed by atoms with Crippen LogP contribution >= 0.6 is 0 Å². The lowest BCUT2D eigenvalue weighted by atomic mass is 9.87. The molecule has 0 bridgehead atoms. The Labute approximate surface area is 233 Å². The van der Waals surface area contributed by atoms with Crippen molar-refractivity contribution in [1.82, 2.24) is 0 Å². The van der Waals surface area contributed by atoms with Crippen LogP contribution in [0.5, 0.6) is 0 Å². The lowest BCUT2D eigenvalue weighted by Crippen LogP contribution is -1.89. The monoisotopic (exact) mass is 500 g/mol. The largest absolute Gasteiger partial charge is 0.456 e. The van der Waals surface area contributed by atoms with Gasteiger partial charge in [0.1, 0.15) is 11.2 Å². The summed E-state index contributed by atoms with van der Waals surface area (Å²) in [5.41, 5.74) is 5.12. The van der Waals surface area contributed by atoms with Crippen LogP contribution in [0.25, 0.3) is 87.3 Å². The molecule has 8 aromatic carbocycles. The highest BCUT2D eigenvalue weighted by Gasteiger charge is 2.16. The minimum Gasteiger partial charge on any atom is -0.456 e. The topological polar surface area (TPSA) is 13.1 Å². The van der Waals surface area contributed by atoms with Crippen LogP contribution in [-0.2, 0) is 0 Å². The first-order valence-electron chi connectivity index (χ1n) is 15.9. The van der Waals surface area contributed by atoms with Gasteiger partial charge < -0.3 is 4.42 Å². The average molecular weight is 501 g/mol. The Bertz CT molecular complexity index is 2720. The molecule has 0 radical (unpaired) electrons. The van der Waals surface area contributed by atoms with Crippen LogP contribution in [-0.4, -0.2) is 0 Å². The predicted octanol–water partition coefficient (Wildman–Crippen LogP) is 11.0. The number of hydrogen-bond donors (Lipinski definition) is 0.